The molecule has 1 fully saturated rings. The number of benzene rings is 2. The van der Waals surface area contributed by atoms with Crippen LogP contribution in [0.4, 0.5) is 5.69 Å². The van der Waals surface area contributed by atoms with Crippen LogP contribution in [0.2, 0.25) is 0 Å². The van der Waals surface area contributed by atoms with Crippen molar-refractivity contribution in [3.63, 3.8) is 0 Å². The zero-order valence-electron chi connectivity index (χ0n) is 17.0. The van der Waals surface area contributed by atoms with Gasteiger partial charge in [-0.05, 0) is 56.2 Å². The first-order valence-corrected chi connectivity index (χ1v) is 13.3. The van der Waals surface area contributed by atoms with Gasteiger partial charge in [0.05, 0.1) is 27.5 Å². The molecule has 2 aromatic carbocycles. The molecular weight excluding hydrogens is 454 g/mol. The summed E-state index contributed by atoms with van der Waals surface area (Å²) in [5.74, 6) is 0.771. The molecule has 164 valence electrons. The van der Waals surface area contributed by atoms with Crippen LogP contribution in [0.1, 0.15) is 19.8 Å². The van der Waals surface area contributed by atoms with Crippen molar-refractivity contribution in [3.8, 4) is 5.75 Å². The van der Waals surface area contributed by atoms with Crippen LogP contribution in [-0.4, -0.2) is 49.1 Å². The van der Waals surface area contributed by atoms with Gasteiger partial charge in [-0.3, -0.25) is 4.79 Å². The zero-order chi connectivity index (χ0) is 21.8. The van der Waals surface area contributed by atoms with Crippen LogP contribution >= 0.6 is 23.1 Å². The van der Waals surface area contributed by atoms with E-state index in [0.717, 1.165) is 33.1 Å². The van der Waals surface area contributed by atoms with Gasteiger partial charge in [-0.25, -0.2) is 13.4 Å². The molecule has 2 heterocycles. The summed E-state index contributed by atoms with van der Waals surface area (Å²) >= 11 is 2.86. The average molecular weight is 478 g/mol. The molecule has 1 aliphatic rings. The summed E-state index contributed by atoms with van der Waals surface area (Å²) in [6.45, 7) is 3.63. The molecule has 0 aliphatic carbocycles. The number of nitrogens with one attached hydrogen (secondary N) is 1. The fourth-order valence-corrected chi connectivity index (χ4v) is 6.80. The molecule has 0 atom stereocenters. The molecule has 1 amide bonds. The molecule has 0 radical (unpaired) electrons. The van der Waals surface area contributed by atoms with E-state index in [1.54, 1.807) is 18.2 Å². The maximum atomic E-state index is 12.7. The lowest BCUT2D eigenvalue weighted by Crippen LogP contribution is -2.28. The van der Waals surface area contributed by atoms with E-state index in [1.165, 1.54) is 33.5 Å². The minimum absolute atomic E-state index is 0.182. The van der Waals surface area contributed by atoms with Crippen molar-refractivity contribution in [2.24, 2.45) is 0 Å². The summed E-state index contributed by atoms with van der Waals surface area (Å²) in [4.78, 5) is 17.2. The highest BCUT2D eigenvalue weighted by Crippen LogP contribution is 2.32. The fraction of sp³-hybridized carbons (Fsp3) is 0.333. The van der Waals surface area contributed by atoms with Crippen molar-refractivity contribution in [3.05, 3.63) is 42.5 Å². The Bertz CT molecular complexity index is 1190. The molecule has 0 bridgehead atoms. The minimum Gasteiger partial charge on any atom is -0.494 e. The largest absolute Gasteiger partial charge is 0.494 e. The molecule has 1 aliphatic heterocycles. The second kappa shape index (κ2) is 9.56. The topological polar surface area (TPSA) is 88.6 Å². The smallest absolute Gasteiger partial charge is 0.243 e. The first kappa shape index (κ1) is 22.1. The molecule has 10 heteroatoms. The van der Waals surface area contributed by atoms with Crippen LogP contribution < -0.4 is 10.1 Å². The van der Waals surface area contributed by atoms with Crippen LogP contribution in [0.15, 0.2) is 51.7 Å². The summed E-state index contributed by atoms with van der Waals surface area (Å²) in [6.07, 6.45) is 1.76. The Hall–Kier alpha value is -2.14. The maximum Gasteiger partial charge on any atom is 0.243 e. The summed E-state index contributed by atoms with van der Waals surface area (Å²) in [7, 11) is -3.52. The number of rotatable bonds is 8. The van der Waals surface area contributed by atoms with Crippen molar-refractivity contribution >= 4 is 54.9 Å². The molecule has 0 unspecified atom stereocenters. The van der Waals surface area contributed by atoms with E-state index in [9.17, 15) is 13.2 Å². The first-order chi connectivity index (χ1) is 15.0. The predicted molar refractivity (Wildman–Crippen MR) is 125 cm³/mol. The van der Waals surface area contributed by atoms with E-state index in [0.29, 0.717) is 25.4 Å². The number of hydrogen-bond donors (Lipinski definition) is 1. The second-order valence-corrected chi connectivity index (χ2v) is 11.2. The van der Waals surface area contributed by atoms with Crippen molar-refractivity contribution < 1.29 is 17.9 Å². The molecular formula is C21H23N3O4S3. The van der Waals surface area contributed by atoms with Gasteiger partial charge in [0.25, 0.3) is 0 Å². The van der Waals surface area contributed by atoms with Gasteiger partial charge in [0.2, 0.25) is 15.9 Å². The Morgan fingerprint density at radius 1 is 1.23 bits per heavy atom. The van der Waals surface area contributed by atoms with E-state index in [4.69, 9.17) is 4.74 Å². The highest BCUT2D eigenvalue weighted by molar-refractivity contribution is 8.01. The quantitative estimate of drug-likeness (QED) is 0.489. The number of anilines is 1. The standard InChI is InChI=1S/C21H23N3O4S3/c1-2-28-16-8-9-18-19(13-16)30-21(23-18)29-14-20(25)22-15-6-5-7-17(12-15)31(26,27)24-10-3-4-11-24/h5-9,12-13H,2-4,10-11,14H2,1H3,(H,22,25). The van der Waals surface area contributed by atoms with E-state index >= 15 is 0 Å². The lowest BCUT2D eigenvalue weighted by Gasteiger charge is -2.16. The molecule has 0 spiro atoms. The maximum absolute atomic E-state index is 12.7. The third-order valence-electron chi connectivity index (χ3n) is 4.80. The Balaban J connectivity index is 1.38. The molecule has 1 N–H and O–H groups in total. The normalized spacial score (nSPS) is 14.7. The Kier molecular flexibility index (Phi) is 6.80. The Morgan fingerprint density at radius 2 is 2.03 bits per heavy atom. The van der Waals surface area contributed by atoms with Gasteiger partial charge < -0.3 is 10.1 Å². The number of thioether (sulfide) groups is 1. The zero-order valence-corrected chi connectivity index (χ0v) is 19.5. The van der Waals surface area contributed by atoms with E-state index in [2.05, 4.69) is 10.3 Å². The average Bonchev–Trinajstić information content (AvgIpc) is 3.43. The third kappa shape index (κ3) is 5.20. The fourth-order valence-electron chi connectivity index (χ4n) is 3.34. The number of sulfonamides is 1. The van der Waals surface area contributed by atoms with Crippen molar-refractivity contribution in [2.75, 3.05) is 30.8 Å². The number of amides is 1. The highest BCUT2D eigenvalue weighted by Gasteiger charge is 2.27. The Labute approximate surface area is 189 Å². The molecule has 3 aromatic rings. The summed E-state index contributed by atoms with van der Waals surface area (Å²) in [5, 5.41) is 2.79. The lowest BCUT2D eigenvalue weighted by atomic mass is 10.3. The number of nitrogens with zero attached hydrogens (tertiary/aromatic N) is 2. The molecule has 1 saturated heterocycles. The summed E-state index contributed by atoms with van der Waals surface area (Å²) in [5.41, 5.74) is 1.34. The van der Waals surface area contributed by atoms with Crippen molar-refractivity contribution in [1.29, 1.82) is 0 Å². The molecule has 31 heavy (non-hydrogen) atoms. The van der Waals surface area contributed by atoms with Gasteiger partial charge >= 0.3 is 0 Å². The van der Waals surface area contributed by atoms with E-state index in [-0.39, 0.29) is 16.6 Å². The first-order valence-electron chi connectivity index (χ1n) is 10.0. The number of aromatic nitrogens is 1. The number of ether oxygens (including phenoxy) is 1. The highest BCUT2D eigenvalue weighted by atomic mass is 32.2. The minimum atomic E-state index is -3.52. The molecule has 4 rings (SSSR count). The number of fused-ring (bicyclic) bond motifs is 1. The number of thiazole rings is 1. The predicted octanol–water partition coefficient (Wildman–Crippen LogP) is 4.21. The number of hydrogen-bond acceptors (Lipinski definition) is 7. The van der Waals surface area contributed by atoms with Crippen molar-refractivity contribution in [2.45, 2.75) is 29.0 Å². The third-order valence-corrected chi connectivity index (χ3v) is 8.85. The van der Waals surface area contributed by atoms with Crippen LogP contribution in [0.25, 0.3) is 10.2 Å². The molecule has 7 nitrogen and oxygen atoms in total. The number of carbonyl (C=O) groups is 1. The Morgan fingerprint density at radius 3 is 2.81 bits per heavy atom. The number of carbonyl (C=O) groups excluding carboxylic acids is 1. The van der Waals surface area contributed by atoms with Gasteiger partial charge in [-0.2, -0.15) is 4.31 Å². The van der Waals surface area contributed by atoms with Crippen molar-refractivity contribution in [1.82, 2.24) is 9.29 Å². The molecule has 1 aromatic heterocycles. The monoisotopic (exact) mass is 477 g/mol. The van der Waals surface area contributed by atoms with Gasteiger partial charge in [0.15, 0.2) is 4.34 Å². The van der Waals surface area contributed by atoms with Gasteiger partial charge in [0.1, 0.15) is 5.75 Å². The van der Waals surface area contributed by atoms with Gasteiger partial charge in [0, 0.05) is 18.8 Å². The van der Waals surface area contributed by atoms with Crippen LogP contribution in [-0.2, 0) is 14.8 Å². The van der Waals surface area contributed by atoms with Gasteiger partial charge in [-0.1, -0.05) is 17.8 Å². The van der Waals surface area contributed by atoms with Crippen LogP contribution in [0.5, 0.6) is 5.75 Å². The van der Waals surface area contributed by atoms with E-state index < -0.39 is 10.0 Å². The van der Waals surface area contributed by atoms with Crippen LogP contribution in [0, 0.1) is 0 Å². The second-order valence-electron chi connectivity index (χ2n) is 7.02. The SMILES string of the molecule is CCOc1ccc2nc(SCC(=O)Nc3cccc(S(=O)(=O)N4CCCC4)c3)sc2c1. The van der Waals surface area contributed by atoms with Crippen LogP contribution in [0.3, 0.4) is 0 Å². The van der Waals surface area contributed by atoms with E-state index in [1.807, 2.05) is 25.1 Å². The molecule has 0 saturated carbocycles. The summed E-state index contributed by atoms with van der Waals surface area (Å²) in [6, 6.07) is 12.2. The van der Waals surface area contributed by atoms with Gasteiger partial charge in [-0.15, -0.1) is 11.3 Å². The lowest BCUT2D eigenvalue weighted by molar-refractivity contribution is -0.113. The summed E-state index contributed by atoms with van der Waals surface area (Å²) < 4.78 is 34.3.